The van der Waals surface area contributed by atoms with Gasteiger partial charge >= 0.3 is 12.1 Å². The second-order valence-electron chi connectivity index (χ2n) is 7.30. The summed E-state index contributed by atoms with van der Waals surface area (Å²) in [5.74, 6) is -0.907. The van der Waals surface area contributed by atoms with Crippen molar-refractivity contribution in [2.45, 2.75) is 39.2 Å². The molecular formula is C21H26N2O5. The Morgan fingerprint density at radius 2 is 1.71 bits per heavy atom. The summed E-state index contributed by atoms with van der Waals surface area (Å²) in [7, 11) is 0. The van der Waals surface area contributed by atoms with Crippen LogP contribution in [0.4, 0.5) is 10.5 Å². The Kier molecular flexibility index (Phi) is 7.37. The van der Waals surface area contributed by atoms with E-state index in [9.17, 15) is 14.4 Å². The van der Waals surface area contributed by atoms with Crippen molar-refractivity contribution >= 4 is 34.4 Å². The van der Waals surface area contributed by atoms with Crippen LogP contribution in [0.3, 0.4) is 0 Å². The summed E-state index contributed by atoms with van der Waals surface area (Å²) in [5.41, 5.74) is 0.0721. The average molecular weight is 386 g/mol. The molecule has 0 saturated carbocycles. The largest absolute Gasteiger partial charge is 0.456 e. The number of nitrogens with one attached hydrogen (secondary N) is 2. The van der Waals surface area contributed by atoms with E-state index in [1.807, 2.05) is 36.4 Å². The second kappa shape index (κ2) is 9.73. The quantitative estimate of drug-likeness (QED) is 0.560. The van der Waals surface area contributed by atoms with Gasteiger partial charge in [-0.15, -0.1) is 0 Å². The minimum atomic E-state index is -0.568. The Labute approximate surface area is 164 Å². The van der Waals surface area contributed by atoms with Crippen LogP contribution >= 0.6 is 0 Å². The van der Waals surface area contributed by atoms with Crippen LogP contribution in [0.1, 0.15) is 33.6 Å². The van der Waals surface area contributed by atoms with Crippen molar-refractivity contribution in [2.24, 2.45) is 0 Å². The first kappa shape index (κ1) is 21.2. The van der Waals surface area contributed by atoms with Crippen molar-refractivity contribution in [3.63, 3.8) is 0 Å². The van der Waals surface area contributed by atoms with Gasteiger partial charge in [-0.2, -0.15) is 0 Å². The molecule has 150 valence electrons. The van der Waals surface area contributed by atoms with Crippen molar-refractivity contribution < 1.29 is 23.9 Å². The molecule has 0 bridgehead atoms. The monoisotopic (exact) mass is 386 g/mol. The molecule has 0 heterocycles. The van der Waals surface area contributed by atoms with Gasteiger partial charge in [0.15, 0.2) is 6.61 Å². The standard InChI is InChI=1S/C21H26N2O5/c1-21(2,3)28-20(26)22-12-6-9-19(25)27-14-18(24)23-17-11-10-15-7-4-5-8-16(15)13-17/h4-5,7-8,10-11,13H,6,9,12,14H2,1-3H3,(H,22,26)(H,23,24). The van der Waals surface area contributed by atoms with E-state index in [0.29, 0.717) is 12.1 Å². The van der Waals surface area contributed by atoms with Crippen LogP contribution in [0.15, 0.2) is 42.5 Å². The summed E-state index contributed by atoms with van der Waals surface area (Å²) >= 11 is 0. The molecule has 0 unspecified atom stereocenters. The minimum Gasteiger partial charge on any atom is -0.456 e. The van der Waals surface area contributed by atoms with Crippen LogP contribution in [0.2, 0.25) is 0 Å². The Morgan fingerprint density at radius 3 is 2.43 bits per heavy atom. The minimum absolute atomic E-state index is 0.0963. The number of benzene rings is 2. The molecule has 2 N–H and O–H groups in total. The number of esters is 1. The predicted molar refractivity (Wildman–Crippen MR) is 107 cm³/mol. The third kappa shape index (κ3) is 7.65. The maximum atomic E-state index is 11.9. The zero-order valence-corrected chi connectivity index (χ0v) is 16.4. The first-order chi connectivity index (χ1) is 13.2. The summed E-state index contributed by atoms with van der Waals surface area (Å²) in [5, 5.41) is 7.35. The topological polar surface area (TPSA) is 93.7 Å². The van der Waals surface area contributed by atoms with Crippen molar-refractivity contribution in [2.75, 3.05) is 18.5 Å². The lowest BCUT2D eigenvalue weighted by Crippen LogP contribution is -2.33. The molecule has 0 atom stereocenters. The number of fused-ring (bicyclic) bond motifs is 1. The lowest BCUT2D eigenvalue weighted by Gasteiger charge is -2.19. The van der Waals surface area contributed by atoms with E-state index in [1.165, 1.54) is 0 Å². The summed E-state index contributed by atoms with van der Waals surface area (Å²) < 4.78 is 10.0. The van der Waals surface area contributed by atoms with Crippen molar-refractivity contribution in [1.82, 2.24) is 5.32 Å². The fraction of sp³-hybridized carbons (Fsp3) is 0.381. The molecule has 2 aromatic rings. The highest BCUT2D eigenvalue weighted by atomic mass is 16.6. The molecule has 0 aliphatic rings. The molecule has 0 aliphatic heterocycles. The third-order valence-electron chi connectivity index (χ3n) is 3.62. The van der Waals surface area contributed by atoms with E-state index in [2.05, 4.69) is 10.6 Å². The van der Waals surface area contributed by atoms with Crippen LogP contribution in [-0.2, 0) is 19.1 Å². The maximum absolute atomic E-state index is 11.9. The normalized spacial score (nSPS) is 11.0. The van der Waals surface area contributed by atoms with Gasteiger partial charge in [0.05, 0.1) is 0 Å². The fourth-order valence-electron chi connectivity index (χ4n) is 2.42. The summed E-state index contributed by atoms with van der Waals surface area (Å²) in [6, 6.07) is 13.4. The highest BCUT2D eigenvalue weighted by molar-refractivity contribution is 5.95. The SMILES string of the molecule is CC(C)(C)OC(=O)NCCCC(=O)OCC(=O)Nc1ccc2ccccc2c1. The number of carbonyl (C=O) groups is 3. The fourth-order valence-corrected chi connectivity index (χ4v) is 2.42. The van der Waals surface area contributed by atoms with Gasteiger partial charge in [-0.25, -0.2) is 4.79 Å². The molecular weight excluding hydrogens is 360 g/mol. The highest BCUT2D eigenvalue weighted by Crippen LogP contribution is 2.18. The molecule has 0 saturated heterocycles. The molecule has 7 heteroatoms. The van der Waals surface area contributed by atoms with E-state index in [-0.39, 0.29) is 19.6 Å². The Bertz CT molecular complexity index is 842. The van der Waals surface area contributed by atoms with Gasteiger partial charge in [0.1, 0.15) is 5.60 Å². The van der Waals surface area contributed by atoms with Gasteiger partial charge in [0.25, 0.3) is 5.91 Å². The summed E-state index contributed by atoms with van der Waals surface area (Å²) in [6.45, 7) is 5.24. The Morgan fingerprint density at radius 1 is 1.00 bits per heavy atom. The number of alkyl carbamates (subject to hydrolysis) is 1. The first-order valence-electron chi connectivity index (χ1n) is 9.14. The van der Waals surface area contributed by atoms with Crippen LogP contribution in [0.5, 0.6) is 0 Å². The predicted octanol–water partition coefficient (Wildman–Crippen LogP) is 3.63. The first-order valence-corrected chi connectivity index (χ1v) is 9.14. The van der Waals surface area contributed by atoms with Crippen molar-refractivity contribution in [3.05, 3.63) is 42.5 Å². The maximum Gasteiger partial charge on any atom is 0.407 e. The lowest BCUT2D eigenvalue weighted by atomic mass is 10.1. The number of ether oxygens (including phenoxy) is 2. The molecule has 0 spiro atoms. The molecule has 0 aliphatic carbocycles. The van der Waals surface area contributed by atoms with Gasteiger partial charge in [0.2, 0.25) is 0 Å². The van der Waals surface area contributed by atoms with Gasteiger partial charge in [-0.1, -0.05) is 30.3 Å². The smallest absolute Gasteiger partial charge is 0.407 e. The molecule has 2 aromatic carbocycles. The number of rotatable bonds is 7. The summed E-state index contributed by atoms with van der Waals surface area (Å²) in [4.78, 5) is 35.1. The lowest BCUT2D eigenvalue weighted by molar-refractivity contribution is -0.147. The van der Waals surface area contributed by atoms with Crippen molar-refractivity contribution in [1.29, 1.82) is 0 Å². The van der Waals surface area contributed by atoms with Gasteiger partial charge in [0, 0.05) is 18.7 Å². The number of hydrogen-bond acceptors (Lipinski definition) is 5. The average Bonchev–Trinajstić information content (AvgIpc) is 2.62. The van der Waals surface area contributed by atoms with Crippen molar-refractivity contribution in [3.8, 4) is 0 Å². The third-order valence-corrected chi connectivity index (χ3v) is 3.62. The van der Waals surface area contributed by atoms with Crippen LogP contribution in [0, 0.1) is 0 Å². The molecule has 0 fully saturated rings. The van der Waals surface area contributed by atoms with Crippen LogP contribution in [-0.4, -0.2) is 36.7 Å². The molecule has 7 nitrogen and oxygen atoms in total. The molecule has 0 radical (unpaired) electrons. The van der Waals surface area contributed by atoms with E-state index in [4.69, 9.17) is 9.47 Å². The molecule has 2 amide bonds. The number of anilines is 1. The Hall–Kier alpha value is -3.09. The number of hydrogen-bond donors (Lipinski definition) is 2. The van der Waals surface area contributed by atoms with E-state index >= 15 is 0 Å². The zero-order valence-electron chi connectivity index (χ0n) is 16.4. The molecule has 0 aromatic heterocycles. The van der Waals surface area contributed by atoms with E-state index in [1.54, 1.807) is 26.8 Å². The van der Waals surface area contributed by atoms with Crippen LogP contribution in [0.25, 0.3) is 10.8 Å². The Balaban J connectivity index is 1.65. The number of amides is 2. The highest BCUT2D eigenvalue weighted by Gasteiger charge is 2.15. The second-order valence-corrected chi connectivity index (χ2v) is 7.30. The van der Waals surface area contributed by atoms with Crippen LogP contribution < -0.4 is 10.6 Å². The molecule has 28 heavy (non-hydrogen) atoms. The van der Waals surface area contributed by atoms with E-state index < -0.39 is 23.6 Å². The van der Waals surface area contributed by atoms with Gasteiger partial charge < -0.3 is 20.1 Å². The zero-order chi connectivity index (χ0) is 20.6. The van der Waals surface area contributed by atoms with E-state index in [0.717, 1.165) is 10.8 Å². The number of carbonyl (C=O) groups excluding carboxylic acids is 3. The van der Waals surface area contributed by atoms with Gasteiger partial charge in [-0.05, 0) is 50.1 Å². The summed E-state index contributed by atoms with van der Waals surface area (Å²) in [6.07, 6.45) is -0.0423. The molecule has 2 rings (SSSR count). The van der Waals surface area contributed by atoms with Gasteiger partial charge in [-0.3, -0.25) is 9.59 Å².